The van der Waals surface area contributed by atoms with Crippen molar-refractivity contribution in [2.45, 2.75) is 0 Å². The summed E-state index contributed by atoms with van der Waals surface area (Å²) >= 11 is 3.24. The fourth-order valence-corrected chi connectivity index (χ4v) is 1.89. The maximum Gasteiger partial charge on any atom is 0.323 e. The van der Waals surface area contributed by atoms with Crippen LogP contribution in [-0.4, -0.2) is 6.03 Å². The van der Waals surface area contributed by atoms with Gasteiger partial charge in [0, 0.05) is 10.5 Å². The van der Waals surface area contributed by atoms with Crippen molar-refractivity contribution in [3.8, 4) is 0 Å². The fraction of sp³-hybridized carbons (Fsp3) is 0. The highest BCUT2D eigenvalue weighted by atomic mass is 79.9. The number of hydrogen-bond donors (Lipinski definition) is 3. The van der Waals surface area contributed by atoms with E-state index in [9.17, 15) is 13.6 Å². The SMILES string of the molecule is Nc1cc(Br)ccc1NC(=O)Nc1ccc(F)cc1F. The number of nitrogens with one attached hydrogen (secondary N) is 2. The summed E-state index contributed by atoms with van der Waals surface area (Å²) in [5.41, 5.74) is 6.33. The monoisotopic (exact) mass is 341 g/mol. The van der Waals surface area contributed by atoms with Crippen molar-refractivity contribution in [3.63, 3.8) is 0 Å². The Morgan fingerprint density at radius 1 is 1.05 bits per heavy atom. The van der Waals surface area contributed by atoms with E-state index in [0.717, 1.165) is 16.6 Å². The van der Waals surface area contributed by atoms with Crippen molar-refractivity contribution in [1.82, 2.24) is 0 Å². The van der Waals surface area contributed by atoms with Crippen LogP contribution in [0, 0.1) is 11.6 Å². The molecule has 4 N–H and O–H groups in total. The molecule has 7 heteroatoms. The van der Waals surface area contributed by atoms with Gasteiger partial charge in [0.25, 0.3) is 0 Å². The second-order valence-corrected chi connectivity index (χ2v) is 4.85. The Labute approximate surface area is 122 Å². The van der Waals surface area contributed by atoms with Crippen molar-refractivity contribution >= 4 is 39.0 Å². The first-order valence-electron chi connectivity index (χ1n) is 5.54. The third-order valence-electron chi connectivity index (χ3n) is 2.44. The number of halogens is 3. The van der Waals surface area contributed by atoms with Gasteiger partial charge in [-0.1, -0.05) is 15.9 Å². The summed E-state index contributed by atoms with van der Waals surface area (Å²) in [6.07, 6.45) is 0. The molecule has 2 rings (SSSR count). The molecule has 2 aromatic rings. The first-order chi connectivity index (χ1) is 9.45. The number of urea groups is 1. The van der Waals surface area contributed by atoms with E-state index in [1.165, 1.54) is 0 Å². The van der Waals surface area contributed by atoms with Gasteiger partial charge in [-0.25, -0.2) is 13.6 Å². The van der Waals surface area contributed by atoms with Gasteiger partial charge in [0.2, 0.25) is 0 Å². The molecule has 0 bridgehead atoms. The average Bonchev–Trinajstić information content (AvgIpc) is 2.36. The molecule has 104 valence electrons. The topological polar surface area (TPSA) is 67.1 Å². The number of amides is 2. The smallest absolute Gasteiger partial charge is 0.323 e. The summed E-state index contributed by atoms with van der Waals surface area (Å²) in [7, 11) is 0. The Kier molecular flexibility index (Phi) is 4.19. The summed E-state index contributed by atoms with van der Waals surface area (Å²) in [4.78, 5) is 11.7. The highest BCUT2D eigenvalue weighted by Gasteiger charge is 2.09. The molecule has 0 saturated carbocycles. The van der Waals surface area contributed by atoms with Crippen LogP contribution in [0.25, 0.3) is 0 Å². The van der Waals surface area contributed by atoms with Crippen LogP contribution >= 0.6 is 15.9 Å². The molecule has 0 fully saturated rings. The van der Waals surface area contributed by atoms with Gasteiger partial charge in [-0.05, 0) is 30.3 Å². The number of carbonyl (C=O) groups is 1. The normalized spacial score (nSPS) is 10.2. The number of nitrogen functional groups attached to an aromatic ring is 1. The zero-order valence-corrected chi connectivity index (χ0v) is 11.7. The van der Waals surface area contributed by atoms with Crippen LogP contribution in [-0.2, 0) is 0 Å². The quantitative estimate of drug-likeness (QED) is 0.724. The van der Waals surface area contributed by atoms with E-state index in [2.05, 4.69) is 26.6 Å². The Bertz CT molecular complexity index is 609. The number of anilines is 3. The molecule has 0 saturated heterocycles. The Morgan fingerprint density at radius 2 is 1.70 bits per heavy atom. The lowest BCUT2D eigenvalue weighted by molar-refractivity contribution is 0.262. The van der Waals surface area contributed by atoms with E-state index in [4.69, 9.17) is 5.73 Å². The summed E-state index contributed by atoms with van der Waals surface area (Å²) in [5.74, 6) is -1.57. The van der Waals surface area contributed by atoms with Crippen LogP contribution < -0.4 is 16.4 Å². The van der Waals surface area contributed by atoms with Crippen molar-refractivity contribution in [1.29, 1.82) is 0 Å². The van der Waals surface area contributed by atoms with E-state index in [0.29, 0.717) is 17.4 Å². The average molecular weight is 342 g/mol. The highest BCUT2D eigenvalue weighted by Crippen LogP contribution is 2.23. The van der Waals surface area contributed by atoms with Crippen LogP contribution in [0.5, 0.6) is 0 Å². The van der Waals surface area contributed by atoms with Gasteiger partial charge in [-0.3, -0.25) is 0 Å². The second-order valence-electron chi connectivity index (χ2n) is 3.93. The van der Waals surface area contributed by atoms with E-state index in [1.807, 2.05) is 0 Å². The van der Waals surface area contributed by atoms with Gasteiger partial charge in [0.15, 0.2) is 0 Å². The van der Waals surface area contributed by atoms with Gasteiger partial charge in [0.1, 0.15) is 11.6 Å². The summed E-state index contributed by atoms with van der Waals surface area (Å²) < 4.78 is 26.9. The maximum atomic E-state index is 13.4. The molecule has 0 aromatic heterocycles. The van der Waals surface area contributed by atoms with Crippen molar-refractivity contribution in [2.75, 3.05) is 16.4 Å². The number of benzene rings is 2. The van der Waals surface area contributed by atoms with Gasteiger partial charge in [-0.2, -0.15) is 0 Å². The summed E-state index contributed by atoms with van der Waals surface area (Å²) in [5, 5.41) is 4.74. The molecular weight excluding hydrogens is 332 g/mol. The molecule has 0 atom stereocenters. The Morgan fingerprint density at radius 3 is 2.35 bits per heavy atom. The predicted octanol–water partition coefficient (Wildman–Crippen LogP) is 3.95. The van der Waals surface area contributed by atoms with Crippen molar-refractivity contribution < 1.29 is 13.6 Å². The van der Waals surface area contributed by atoms with Crippen molar-refractivity contribution in [2.24, 2.45) is 0 Å². The van der Waals surface area contributed by atoms with Crippen LogP contribution in [0.3, 0.4) is 0 Å². The standard InChI is InChI=1S/C13H10BrF2N3O/c14-7-1-3-12(10(17)5-7)19-13(20)18-11-4-2-8(15)6-9(11)16/h1-6H,17H2,(H2,18,19,20). The van der Waals surface area contributed by atoms with Crippen molar-refractivity contribution in [3.05, 3.63) is 52.5 Å². The minimum absolute atomic E-state index is 0.125. The molecular formula is C13H10BrF2N3O. The zero-order chi connectivity index (χ0) is 14.7. The maximum absolute atomic E-state index is 13.4. The van der Waals surface area contributed by atoms with Gasteiger partial charge >= 0.3 is 6.03 Å². The van der Waals surface area contributed by atoms with E-state index >= 15 is 0 Å². The first kappa shape index (κ1) is 14.3. The van der Waals surface area contributed by atoms with E-state index < -0.39 is 17.7 Å². The molecule has 0 heterocycles. The number of carbonyl (C=O) groups excluding carboxylic acids is 1. The summed E-state index contributed by atoms with van der Waals surface area (Å²) in [6.45, 7) is 0. The van der Waals surface area contributed by atoms with Crippen LogP contribution in [0.1, 0.15) is 0 Å². The Hall–Kier alpha value is -2.15. The lowest BCUT2D eigenvalue weighted by Gasteiger charge is -2.10. The lowest BCUT2D eigenvalue weighted by atomic mass is 10.2. The molecule has 0 aliphatic carbocycles. The third-order valence-corrected chi connectivity index (χ3v) is 2.93. The highest BCUT2D eigenvalue weighted by molar-refractivity contribution is 9.10. The largest absolute Gasteiger partial charge is 0.397 e. The molecule has 0 aliphatic rings. The molecule has 0 aliphatic heterocycles. The molecule has 20 heavy (non-hydrogen) atoms. The van der Waals surface area contributed by atoms with Gasteiger partial charge in [-0.15, -0.1) is 0 Å². The van der Waals surface area contributed by atoms with Gasteiger partial charge < -0.3 is 16.4 Å². The minimum atomic E-state index is -0.857. The molecule has 2 aromatic carbocycles. The number of rotatable bonds is 2. The van der Waals surface area contributed by atoms with E-state index in [-0.39, 0.29) is 5.69 Å². The fourth-order valence-electron chi connectivity index (χ4n) is 1.51. The third kappa shape index (κ3) is 3.45. The molecule has 4 nitrogen and oxygen atoms in total. The minimum Gasteiger partial charge on any atom is -0.397 e. The second kappa shape index (κ2) is 5.87. The Balaban J connectivity index is 2.09. The molecule has 0 unspecified atom stereocenters. The lowest BCUT2D eigenvalue weighted by Crippen LogP contribution is -2.20. The predicted molar refractivity (Wildman–Crippen MR) is 77.6 cm³/mol. The zero-order valence-electron chi connectivity index (χ0n) is 10.1. The van der Waals surface area contributed by atoms with E-state index in [1.54, 1.807) is 18.2 Å². The van der Waals surface area contributed by atoms with Crippen LogP contribution in [0.2, 0.25) is 0 Å². The summed E-state index contributed by atoms with van der Waals surface area (Å²) in [6, 6.07) is 7.11. The number of hydrogen-bond acceptors (Lipinski definition) is 2. The molecule has 2 amide bonds. The molecule has 0 spiro atoms. The van der Waals surface area contributed by atoms with Gasteiger partial charge in [0.05, 0.1) is 17.1 Å². The van der Waals surface area contributed by atoms with Crippen LogP contribution in [0.15, 0.2) is 40.9 Å². The number of nitrogens with two attached hydrogens (primary N) is 1. The van der Waals surface area contributed by atoms with Crippen LogP contribution in [0.4, 0.5) is 30.6 Å². The first-order valence-corrected chi connectivity index (χ1v) is 6.33. The molecule has 0 radical (unpaired) electrons.